The number of halogens is 4. The van der Waals surface area contributed by atoms with E-state index in [0.29, 0.717) is 23.6 Å². The topological polar surface area (TPSA) is 28.2 Å². The summed E-state index contributed by atoms with van der Waals surface area (Å²) in [5, 5.41) is 2.74. The molecule has 0 aliphatic carbocycles. The number of hydrogen-bond donors (Lipinski definition) is 1. The molecule has 1 rings (SSSR count). The number of nitrogens with zero attached hydrogens (tertiary/aromatic N) is 2. The number of likely N-dealkylation sites (N-methyl/N-ethyl adjacent to an activating group) is 1. The summed E-state index contributed by atoms with van der Waals surface area (Å²) in [6.07, 6.45) is -3.06. The fourth-order valence-electron chi connectivity index (χ4n) is 1.41. The van der Waals surface area contributed by atoms with E-state index in [1.165, 1.54) is 6.20 Å². The zero-order valence-electron chi connectivity index (χ0n) is 11.1. The van der Waals surface area contributed by atoms with Crippen molar-refractivity contribution in [2.24, 2.45) is 0 Å². The van der Waals surface area contributed by atoms with Gasteiger partial charge in [-0.05, 0) is 42.9 Å². The Morgan fingerprint density at radius 3 is 2.58 bits per heavy atom. The third-order valence-corrected chi connectivity index (χ3v) is 3.23. The molecule has 3 nitrogen and oxygen atoms in total. The van der Waals surface area contributed by atoms with Gasteiger partial charge in [-0.25, -0.2) is 4.98 Å². The number of alkyl halides is 3. The monoisotopic (exact) mass is 339 g/mol. The molecule has 0 fully saturated rings. The summed E-state index contributed by atoms with van der Waals surface area (Å²) in [5.41, 5.74) is -0.755. The van der Waals surface area contributed by atoms with E-state index in [1.807, 2.05) is 25.8 Å². The van der Waals surface area contributed by atoms with Crippen molar-refractivity contribution in [2.45, 2.75) is 26.1 Å². The normalized spacial score (nSPS) is 12.3. The van der Waals surface area contributed by atoms with Crippen LogP contribution < -0.4 is 5.32 Å². The van der Waals surface area contributed by atoms with Gasteiger partial charge in [0.15, 0.2) is 0 Å². The molecule has 0 aliphatic heterocycles. The third kappa shape index (κ3) is 4.99. The van der Waals surface area contributed by atoms with E-state index >= 15 is 0 Å². The molecule has 1 heterocycles. The van der Waals surface area contributed by atoms with Crippen LogP contribution >= 0.6 is 15.9 Å². The Bertz CT molecular complexity index is 421. The largest absolute Gasteiger partial charge is 0.419 e. The van der Waals surface area contributed by atoms with Gasteiger partial charge < -0.3 is 10.2 Å². The molecule has 0 radical (unpaired) electrons. The number of nitrogens with one attached hydrogen (secondary N) is 1. The Kier molecular flexibility index (Phi) is 5.61. The zero-order valence-corrected chi connectivity index (χ0v) is 12.6. The van der Waals surface area contributed by atoms with Gasteiger partial charge in [-0.1, -0.05) is 0 Å². The Balaban J connectivity index is 2.73. The average molecular weight is 340 g/mol. The van der Waals surface area contributed by atoms with E-state index in [9.17, 15) is 13.2 Å². The van der Waals surface area contributed by atoms with Crippen molar-refractivity contribution in [3.63, 3.8) is 0 Å². The molecule has 0 atom stereocenters. The molecule has 0 aromatic carbocycles. The number of rotatable bonds is 5. The predicted molar refractivity (Wildman–Crippen MR) is 73.2 cm³/mol. The maximum absolute atomic E-state index is 12.8. The van der Waals surface area contributed by atoms with Gasteiger partial charge in [0, 0.05) is 29.8 Å². The minimum absolute atomic E-state index is 0.132. The maximum atomic E-state index is 12.8. The molecule has 108 valence electrons. The van der Waals surface area contributed by atoms with Crippen LogP contribution in [0.1, 0.15) is 19.4 Å². The molecular weight excluding hydrogens is 323 g/mol. The van der Waals surface area contributed by atoms with Gasteiger partial charge in [-0.3, -0.25) is 0 Å². The van der Waals surface area contributed by atoms with Crippen LogP contribution in [0.4, 0.5) is 19.0 Å². The van der Waals surface area contributed by atoms with Crippen LogP contribution in [0.15, 0.2) is 16.7 Å². The van der Waals surface area contributed by atoms with E-state index in [0.717, 1.165) is 6.07 Å². The van der Waals surface area contributed by atoms with Crippen LogP contribution in [0.5, 0.6) is 0 Å². The molecule has 0 saturated carbocycles. The van der Waals surface area contributed by atoms with Gasteiger partial charge in [0.25, 0.3) is 0 Å². The van der Waals surface area contributed by atoms with Crippen molar-refractivity contribution >= 4 is 21.7 Å². The van der Waals surface area contributed by atoms with Crippen molar-refractivity contribution in [2.75, 3.05) is 25.5 Å². The first kappa shape index (κ1) is 16.2. The molecule has 0 bridgehead atoms. The molecule has 1 N–H and O–H groups in total. The SMILES string of the molecule is CC(C)N(C)CCNc1ncc(Br)cc1C(F)(F)F. The van der Waals surface area contributed by atoms with Crippen LogP contribution in [0.2, 0.25) is 0 Å². The summed E-state index contributed by atoms with van der Waals surface area (Å²) < 4.78 is 38.8. The maximum Gasteiger partial charge on any atom is 0.419 e. The summed E-state index contributed by atoms with van der Waals surface area (Å²) in [6.45, 7) is 5.11. The molecule has 0 spiro atoms. The number of aromatic nitrogens is 1. The fourth-order valence-corrected chi connectivity index (χ4v) is 1.74. The lowest BCUT2D eigenvalue weighted by atomic mass is 10.2. The Morgan fingerprint density at radius 1 is 1.42 bits per heavy atom. The predicted octanol–water partition coefficient (Wildman–Crippen LogP) is 3.62. The summed E-state index contributed by atoms with van der Waals surface area (Å²) in [4.78, 5) is 5.83. The van der Waals surface area contributed by atoms with Gasteiger partial charge in [-0.2, -0.15) is 13.2 Å². The first-order valence-corrected chi connectivity index (χ1v) is 6.68. The Morgan fingerprint density at radius 2 is 2.05 bits per heavy atom. The minimum atomic E-state index is -4.41. The van der Waals surface area contributed by atoms with Gasteiger partial charge in [-0.15, -0.1) is 0 Å². The molecule has 7 heteroatoms. The van der Waals surface area contributed by atoms with Crippen LogP contribution in [-0.2, 0) is 6.18 Å². The second-order valence-corrected chi connectivity index (χ2v) is 5.46. The van der Waals surface area contributed by atoms with Crippen molar-refractivity contribution in [3.8, 4) is 0 Å². The third-order valence-electron chi connectivity index (χ3n) is 2.80. The van der Waals surface area contributed by atoms with Crippen molar-refractivity contribution in [1.29, 1.82) is 0 Å². The average Bonchev–Trinajstić information content (AvgIpc) is 2.29. The van der Waals surface area contributed by atoms with Gasteiger partial charge in [0.1, 0.15) is 5.82 Å². The standard InChI is InChI=1S/C12H17BrF3N3/c1-8(2)19(3)5-4-17-11-10(12(14,15)16)6-9(13)7-18-11/h6-8H,4-5H2,1-3H3,(H,17,18). The summed E-state index contributed by atoms with van der Waals surface area (Å²) in [7, 11) is 1.92. The summed E-state index contributed by atoms with van der Waals surface area (Å²) in [6, 6.07) is 1.38. The van der Waals surface area contributed by atoms with Crippen molar-refractivity contribution in [1.82, 2.24) is 9.88 Å². The lowest BCUT2D eigenvalue weighted by molar-refractivity contribution is -0.137. The van der Waals surface area contributed by atoms with Gasteiger partial charge >= 0.3 is 6.18 Å². The number of anilines is 1. The Hall–Kier alpha value is -0.820. The molecule has 0 unspecified atom stereocenters. The fraction of sp³-hybridized carbons (Fsp3) is 0.583. The van der Waals surface area contributed by atoms with Crippen LogP contribution in [0.25, 0.3) is 0 Å². The molecule has 0 saturated heterocycles. The van der Waals surface area contributed by atoms with Crippen LogP contribution in [0.3, 0.4) is 0 Å². The molecule has 0 amide bonds. The highest BCUT2D eigenvalue weighted by molar-refractivity contribution is 9.10. The Labute approximate surface area is 119 Å². The quantitative estimate of drug-likeness (QED) is 0.888. The smallest absolute Gasteiger partial charge is 0.368 e. The lowest BCUT2D eigenvalue weighted by Gasteiger charge is -2.21. The van der Waals surface area contributed by atoms with Crippen molar-refractivity contribution in [3.05, 3.63) is 22.3 Å². The first-order valence-electron chi connectivity index (χ1n) is 5.88. The molecule has 0 aliphatic rings. The van der Waals surface area contributed by atoms with E-state index < -0.39 is 11.7 Å². The summed E-state index contributed by atoms with van der Waals surface area (Å²) >= 11 is 3.00. The van der Waals surface area contributed by atoms with E-state index in [1.54, 1.807) is 0 Å². The van der Waals surface area contributed by atoms with Gasteiger partial charge in [0.05, 0.1) is 5.56 Å². The summed E-state index contributed by atoms with van der Waals surface area (Å²) in [5.74, 6) is -0.132. The number of hydrogen-bond acceptors (Lipinski definition) is 3. The lowest BCUT2D eigenvalue weighted by Crippen LogP contribution is -2.31. The number of pyridine rings is 1. The van der Waals surface area contributed by atoms with E-state index in [-0.39, 0.29) is 5.82 Å². The van der Waals surface area contributed by atoms with Crippen LogP contribution in [-0.4, -0.2) is 36.1 Å². The second kappa shape index (κ2) is 6.56. The van der Waals surface area contributed by atoms with E-state index in [2.05, 4.69) is 26.2 Å². The van der Waals surface area contributed by atoms with Gasteiger partial charge in [0.2, 0.25) is 0 Å². The van der Waals surface area contributed by atoms with Crippen molar-refractivity contribution < 1.29 is 13.2 Å². The molecular formula is C12H17BrF3N3. The molecule has 1 aromatic rings. The minimum Gasteiger partial charge on any atom is -0.368 e. The highest BCUT2D eigenvalue weighted by Crippen LogP contribution is 2.35. The molecule has 19 heavy (non-hydrogen) atoms. The first-order chi connectivity index (χ1) is 8.71. The van der Waals surface area contributed by atoms with Crippen LogP contribution in [0, 0.1) is 0 Å². The molecule has 1 aromatic heterocycles. The highest BCUT2D eigenvalue weighted by atomic mass is 79.9. The van der Waals surface area contributed by atoms with E-state index in [4.69, 9.17) is 0 Å². The zero-order chi connectivity index (χ0) is 14.6. The highest BCUT2D eigenvalue weighted by Gasteiger charge is 2.34. The second-order valence-electron chi connectivity index (χ2n) is 4.55.